The number of aromatic amines is 1. The van der Waals surface area contributed by atoms with Gasteiger partial charge in [-0.2, -0.15) is 5.10 Å². The van der Waals surface area contributed by atoms with Crippen LogP contribution in [0, 0.1) is 0 Å². The number of piperidine rings is 1. The summed E-state index contributed by atoms with van der Waals surface area (Å²) in [7, 11) is 0. The van der Waals surface area contributed by atoms with Gasteiger partial charge in [0.15, 0.2) is 11.5 Å². The van der Waals surface area contributed by atoms with Crippen LogP contribution in [0.1, 0.15) is 34.8 Å². The minimum atomic E-state index is -0.0749. The summed E-state index contributed by atoms with van der Waals surface area (Å²) in [5.74, 6) is 0.860. The van der Waals surface area contributed by atoms with E-state index >= 15 is 0 Å². The topological polar surface area (TPSA) is 75.0 Å². The van der Waals surface area contributed by atoms with Crippen molar-refractivity contribution in [3.8, 4) is 11.3 Å². The molecule has 1 fully saturated rings. The predicted molar refractivity (Wildman–Crippen MR) is 88.4 cm³/mol. The fourth-order valence-corrected chi connectivity index (χ4v) is 3.19. The molecule has 0 saturated carbocycles. The molecule has 4 rings (SSSR count). The highest BCUT2D eigenvalue weighted by Gasteiger charge is 2.27. The predicted octanol–water partition coefficient (Wildman–Crippen LogP) is 3.08. The third-order valence-corrected chi connectivity index (χ3v) is 4.49. The Labute approximate surface area is 139 Å². The zero-order valence-electron chi connectivity index (χ0n) is 13.2. The molecule has 0 bridgehead atoms. The molecule has 0 radical (unpaired) electrons. The molecule has 1 aromatic carbocycles. The molecule has 1 atom stereocenters. The van der Waals surface area contributed by atoms with Crippen LogP contribution in [-0.4, -0.2) is 39.3 Å². The summed E-state index contributed by atoms with van der Waals surface area (Å²) in [6.45, 7) is 1.44. The van der Waals surface area contributed by atoms with Gasteiger partial charge in [-0.05, 0) is 18.4 Å². The molecule has 24 heavy (non-hydrogen) atoms. The molecule has 0 spiro atoms. The van der Waals surface area contributed by atoms with Crippen LogP contribution < -0.4 is 0 Å². The molecular weight excluding hydrogens is 304 g/mol. The quantitative estimate of drug-likeness (QED) is 0.804. The van der Waals surface area contributed by atoms with E-state index in [1.807, 2.05) is 47.6 Å². The molecule has 0 aliphatic carbocycles. The SMILES string of the molecule is O=C(c1cc(-c2ccccc2)on1)N1CCC[C@H](c2cn[nH]c2)C1. The number of aromatic nitrogens is 3. The van der Waals surface area contributed by atoms with Crippen LogP contribution in [0.3, 0.4) is 0 Å². The van der Waals surface area contributed by atoms with Crippen LogP contribution in [0.15, 0.2) is 53.3 Å². The Morgan fingerprint density at radius 1 is 1.29 bits per heavy atom. The molecule has 3 aromatic rings. The van der Waals surface area contributed by atoms with Crippen molar-refractivity contribution in [3.63, 3.8) is 0 Å². The molecule has 2 aromatic heterocycles. The van der Waals surface area contributed by atoms with Crippen LogP contribution in [0.4, 0.5) is 0 Å². The molecular formula is C18H18N4O2. The summed E-state index contributed by atoms with van der Waals surface area (Å²) >= 11 is 0. The van der Waals surface area contributed by atoms with Gasteiger partial charge in [0.05, 0.1) is 6.20 Å². The number of carbonyl (C=O) groups excluding carboxylic acids is 1. The molecule has 0 unspecified atom stereocenters. The molecule has 1 saturated heterocycles. The van der Waals surface area contributed by atoms with Gasteiger partial charge in [0.1, 0.15) is 0 Å². The summed E-state index contributed by atoms with van der Waals surface area (Å²) in [6.07, 6.45) is 5.78. The van der Waals surface area contributed by atoms with Crippen LogP contribution in [0.5, 0.6) is 0 Å². The van der Waals surface area contributed by atoms with Crippen molar-refractivity contribution >= 4 is 5.91 Å². The van der Waals surface area contributed by atoms with Crippen molar-refractivity contribution < 1.29 is 9.32 Å². The zero-order chi connectivity index (χ0) is 16.4. The lowest BCUT2D eigenvalue weighted by atomic mass is 9.92. The first-order valence-corrected chi connectivity index (χ1v) is 8.11. The summed E-state index contributed by atoms with van der Waals surface area (Å²) < 4.78 is 5.35. The summed E-state index contributed by atoms with van der Waals surface area (Å²) in [5, 5.41) is 10.8. The Bertz CT molecular complexity index is 811. The van der Waals surface area contributed by atoms with Gasteiger partial charge in [-0.3, -0.25) is 9.89 Å². The lowest BCUT2D eigenvalue weighted by molar-refractivity contribution is 0.0696. The van der Waals surface area contributed by atoms with E-state index in [2.05, 4.69) is 15.4 Å². The molecule has 1 aliphatic rings. The van der Waals surface area contributed by atoms with Crippen molar-refractivity contribution in [2.75, 3.05) is 13.1 Å². The Balaban J connectivity index is 1.50. The molecule has 122 valence electrons. The van der Waals surface area contributed by atoms with Gasteiger partial charge in [-0.1, -0.05) is 35.5 Å². The second kappa shape index (κ2) is 6.31. The first-order chi connectivity index (χ1) is 11.8. The van der Waals surface area contributed by atoms with Gasteiger partial charge in [-0.25, -0.2) is 0 Å². The molecule has 1 aliphatic heterocycles. The molecule has 3 heterocycles. The number of carbonyl (C=O) groups is 1. The van der Waals surface area contributed by atoms with E-state index in [-0.39, 0.29) is 5.91 Å². The smallest absolute Gasteiger partial charge is 0.276 e. The van der Waals surface area contributed by atoms with Gasteiger partial charge in [0, 0.05) is 36.8 Å². The number of hydrogen-bond donors (Lipinski definition) is 1. The number of rotatable bonds is 3. The minimum Gasteiger partial charge on any atom is -0.355 e. The maximum atomic E-state index is 12.7. The number of amides is 1. The second-order valence-electron chi connectivity index (χ2n) is 6.06. The van der Waals surface area contributed by atoms with Crippen molar-refractivity contribution in [2.24, 2.45) is 0 Å². The number of nitrogens with one attached hydrogen (secondary N) is 1. The molecule has 1 amide bonds. The zero-order valence-corrected chi connectivity index (χ0v) is 13.2. The minimum absolute atomic E-state index is 0.0749. The van der Waals surface area contributed by atoms with Gasteiger partial charge < -0.3 is 9.42 Å². The highest BCUT2D eigenvalue weighted by Crippen LogP contribution is 2.27. The highest BCUT2D eigenvalue weighted by molar-refractivity contribution is 5.93. The lowest BCUT2D eigenvalue weighted by Crippen LogP contribution is -2.39. The van der Waals surface area contributed by atoms with E-state index in [9.17, 15) is 4.79 Å². The normalized spacial score (nSPS) is 17.8. The lowest BCUT2D eigenvalue weighted by Gasteiger charge is -2.31. The highest BCUT2D eigenvalue weighted by atomic mass is 16.5. The summed E-state index contributed by atoms with van der Waals surface area (Å²) in [6, 6.07) is 11.4. The fourth-order valence-electron chi connectivity index (χ4n) is 3.19. The van der Waals surface area contributed by atoms with Gasteiger partial charge in [0.2, 0.25) is 0 Å². The second-order valence-corrected chi connectivity index (χ2v) is 6.06. The maximum absolute atomic E-state index is 12.7. The Morgan fingerprint density at radius 2 is 2.17 bits per heavy atom. The standard InChI is InChI=1S/C18H18N4O2/c23-18(16-9-17(24-21-16)13-5-2-1-3-6-13)22-8-4-7-14(12-22)15-10-19-20-11-15/h1-3,5-6,9-11,14H,4,7-8,12H2,(H,19,20)/t14-/m0/s1. The molecule has 6 heteroatoms. The molecule has 6 nitrogen and oxygen atoms in total. The van der Waals surface area contributed by atoms with Crippen molar-refractivity contribution in [1.29, 1.82) is 0 Å². The third-order valence-electron chi connectivity index (χ3n) is 4.49. The van der Waals surface area contributed by atoms with Crippen LogP contribution in [0.2, 0.25) is 0 Å². The Kier molecular flexibility index (Phi) is 3.86. The van der Waals surface area contributed by atoms with Crippen molar-refractivity contribution in [3.05, 3.63) is 60.0 Å². The maximum Gasteiger partial charge on any atom is 0.276 e. The van der Waals surface area contributed by atoms with Gasteiger partial charge in [-0.15, -0.1) is 0 Å². The Morgan fingerprint density at radius 3 is 2.96 bits per heavy atom. The summed E-state index contributed by atoms with van der Waals surface area (Å²) in [5.41, 5.74) is 2.43. The van der Waals surface area contributed by atoms with Gasteiger partial charge in [0.25, 0.3) is 5.91 Å². The van der Waals surface area contributed by atoms with E-state index in [1.165, 1.54) is 0 Å². The Hall–Kier alpha value is -2.89. The van der Waals surface area contributed by atoms with Crippen molar-refractivity contribution in [1.82, 2.24) is 20.3 Å². The van der Waals surface area contributed by atoms with Crippen LogP contribution >= 0.6 is 0 Å². The van der Waals surface area contributed by atoms with Crippen molar-refractivity contribution in [2.45, 2.75) is 18.8 Å². The van der Waals surface area contributed by atoms with Crippen LogP contribution in [-0.2, 0) is 0 Å². The van der Waals surface area contributed by atoms with E-state index in [4.69, 9.17) is 4.52 Å². The third kappa shape index (κ3) is 2.82. The molecule has 1 N–H and O–H groups in total. The number of likely N-dealkylation sites (tertiary alicyclic amines) is 1. The van der Waals surface area contributed by atoms with E-state index in [1.54, 1.807) is 6.07 Å². The van der Waals surface area contributed by atoms with E-state index in [0.29, 0.717) is 23.9 Å². The number of hydrogen-bond acceptors (Lipinski definition) is 4. The monoisotopic (exact) mass is 322 g/mol. The number of nitrogens with zero attached hydrogens (tertiary/aromatic N) is 3. The fraction of sp³-hybridized carbons (Fsp3) is 0.278. The summed E-state index contributed by atoms with van der Waals surface area (Å²) in [4.78, 5) is 14.6. The number of H-pyrrole nitrogens is 1. The van der Waals surface area contributed by atoms with Gasteiger partial charge >= 0.3 is 0 Å². The van der Waals surface area contributed by atoms with Crippen LogP contribution in [0.25, 0.3) is 11.3 Å². The average Bonchev–Trinajstić information content (AvgIpc) is 3.34. The largest absolute Gasteiger partial charge is 0.355 e. The number of benzene rings is 1. The van der Waals surface area contributed by atoms with E-state index < -0.39 is 0 Å². The first-order valence-electron chi connectivity index (χ1n) is 8.11. The average molecular weight is 322 g/mol. The van der Waals surface area contributed by atoms with E-state index in [0.717, 1.165) is 30.5 Å². The first kappa shape index (κ1) is 14.7.